The predicted molar refractivity (Wildman–Crippen MR) is 48.5 cm³/mol. The van der Waals surface area contributed by atoms with Gasteiger partial charge in [-0.1, -0.05) is 13.3 Å². The summed E-state index contributed by atoms with van der Waals surface area (Å²) >= 11 is 0. The molecule has 0 fully saturated rings. The van der Waals surface area contributed by atoms with Gasteiger partial charge in [-0.2, -0.15) is 8.42 Å². The zero-order valence-electron chi connectivity index (χ0n) is 7.74. The predicted octanol–water partition coefficient (Wildman–Crippen LogP) is 0.998. The first-order valence-corrected chi connectivity index (χ1v) is 5.60. The second kappa shape index (κ2) is 4.79. The Labute approximate surface area is 74.1 Å². The van der Waals surface area contributed by atoms with Gasteiger partial charge in [0.1, 0.15) is 5.37 Å². The summed E-state index contributed by atoms with van der Waals surface area (Å²) in [6.07, 6.45) is 1.17. The second-order valence-corrected chi connectivity index (χ2v) is 4.71. The van der Waals surface area contributed by atoms with Gasteiger partial charge in [0.05, 0.1) is 0 Å². The van der Waals surface area contributed by atoms with Gasteiger partial charge in [0.15, 0.2) is 0 Å². The fourth-order valence-corrected chi connectivity index (χ4v) is 1.93. The van der Waals surface area contributed by atoms with E-state index in [0.29, 0.717) is 6.42 Å². The average molecular weight is 195 g/mol. The Morgan fingerprint density at radius 1 is 1.42 bits per heavy atom. The van der Waals surface area contributed by atoms with Crippen LogP contribution in [0.3, 0.4) is 0 Å². The van der Waals surface area contributed by atoms with Crippen LogP contribution in [-0.2, 0) is 10.1 Å². The fourth-order valence-electron chi connectivity index (χ4n) is 0.952. The highest BCUT2D eigenvalue weighted by Gasteiger charge is 2.21. The Hall–Kier alpha value is -0.130. The highest BCUT2D eigenvalue weighted by molar-refractivity contribution is 7.86. The van der Waals surface area contributed by atoms with Gasteiger partial charge in [0.2, 0.25) is 0 Å². The van der Waals surface area contributed by atoms with Crippen LogP contribution in [0.1, 0.15) is 33.6 Å². The Bertz CT molecular complexity index is 211. The summed E-state index contributed by atoms with van der Waals surface area (Å²) in [7, 11) is -3.93. The first kappa shape index (κ1) is 11.9. The Kier molecular flexibility index (Phi) is 4.74. The molecule has 0 rings (SSSR count). The SMILES string of the molecule is CCCC(NC(C)C)S(=O)(=O)O. The normalized spacial score (nSPS) is 15.1. The van der Waals surface area contributed by atoms with Gasteiger partial charge in [-0.3, -0.25) is 9.87 Å². The van der Waals surface area contributed by atoms with Crippen LogP contribution in [0, 0.1) is 0 Å². The monoisotopic (exact) mass is 195 g/mol. The quantitative estimate of drug-likeness (QED) is 0.642. The molecule has 0 heterocycles. The van der Waals surface area contributed by atoms with E-state index in [2.05, 4.69) is 5.32 Å². The highest BCUT2D eigenvalue weighted by Crippen LogP contribution is 2.04. The van der Waals surface area contributed by atoms with Crippen LogP contribution < -0.4 is 5.32 Å². The summed E-state index contributed by atoms with van der Waals surface area (Å²) in [5.74, 6) is 0. The maximum atomic E-state index is 10.7. The molecule has 2 N–H and O–H groups in total. The number of nitrogens with one attached hydrogen (secondary N) is 1. The lowest BCUT2D eigenvalue weighted by molar-refractivity contribution is 0.426. The topological polar surface area (TPSA) is 66.4 Å². The summed E-state index contributed by atoms with van der Waals surface area (Å²) in [5.41, 5.74) is 0. The van der Waals surface area contributed by atoms with Crippen LogP contribution in [0.2, 0.25) is 0 Å². The molecule has 4 nitrogen and oxygen atoms in total. The Morgan fingerprint density at radius 2 is 1.92 bits per heavy atom. The van der Waals surface area contributed by atoms with E-state index in [1.165, 1.54) is 0 Å². The molecule has 0 aromatic rings. The van der Waals surface area contributed by atoms with Crippen molar-refractivity contribution in [2.75, 3.05) is 0 Å². The zero-order valence-corrected chi connectivity index (χ0v) is 8.56. The average Bonchev–Trinajstić information content (AvgIpc) is 1.83. The molecule has 0 saturated carbocycles. The van der Waals surface area contributed by atoms with Crippen LogP contribution >= 0.6 is 0 Å². The lowest BCUT2D eigenvalue weighted by atomic mass is 10.3. The van der Waals surface area contributed by atoms with Crippen molar-refractivity contribution in [3.63, 3.8) is 0 Å². The van der Waals surface area contributed by atoms with Crippen molar-refractivity contribution in [2.45, 2.75) is 45.0 Å². The summed E-state index contributed by atoms with van der Waals surface area (Å²) in [6.45, 7) is 5.56. The molecular weight excluding hydrogens is 178 g/mol. The highest BCUT2D eigenvalue weighted by atomic mass is 32.2. The van der Waals surface area contributed by atoms with Crippen molar-refractivity contribution >= 4 is 10.1 Å². The van der Waals surface area contributed by atoms with Gasteiger partial charge in [-0.15, -0.1) is 0 Å². The van der Waals surface area contributed by atoms with Gasteiger partial charge in [-0.05, 0) is 20.3 Å². The minimum Gasteiger partial charge on any atom is -0.297 e. The molecule has 0 spiro atoms. The van der Waals surface area contributed by atoms with E-state index in [4.69, 9.17) is 4.55 Å². The zero-order chi connectivity index (χ0) is 9.78. The summed E-state index contributed by atoms with van der Waals surface area (Å²) < 4.78 is 30.3. The van der Waals surface area contributed by atoms with Crippen molar-refractivity contribution in [3.8, 4) is 0 Å². The largest absolute Gasteiger partial charge is 0.297 e. The minimum absolute atomic E-state index is 0.0588. The first-order valence-electron chi connectivity index (χ1n) is 4.10. The second-order valence-electron chi connectivity index (χ2n) is 3.11. The van der Waals surface area contributed by atoms with Crippen molar-refractivity contribution in [2.24, 2.45) is 0 Å². The summed E-state index contributed by atoms with van der Waals surface area (Å²) in [5, 5.41) is 1.97. The third kappa shape index (κ3) is 4.69. The van der Waals surface area contributed by atoms with E-state index in [-0.39, 0.29) is 6.04 Å². The number of hydrogen-bond donors (Lipinski definition) is 2. The van der Waals surface area contributed by atoms with Gasteiger partial charge >= 0.3 is 0 Å². The van der Waals surface area contributed by atoms with Crippen molar-refractivity contribution in [3.05, 3.63) is 0 Å². The summed E-state index contributed by atoms with van der Waals surface area (Å²) in [4.78, 5) is 0. The van der Waals surface area contributed by atoms with E-state index in [1.807, 2.05) is 20.8 Å². The smallest absolute Gasteiger partial charge is 0.281 e. The number of rotatable bonds is 5. The molecular formula is C7H17NO3S. The Balaban J connectivity index is 4.24. The lowest BCUT2D eigenvalue weighted by Gasteiger charge is -2.17. The van der Waals surface area contributed by atoms with Crippen LogP contribution in [-0.4, -0.2) is 24.4 Å². The molecule has 0 aromatic carbocycles. The lowest BCUT2D eigenvalue weighted by Crippen LogP contribution is -2.40. The van der Waals surface area contributed by atoms with Crippen molar-refractivity contribution in [1.29, 1.82) is 0 Å². The van der Waals surface area contributed by atoms with Crippen LogP contribution in [0.4, 0.5) is 0 Å². The maximum Gasteiger partial charge on any atom is 0.281 e. The van der Waals surface area contributed by atoms with Crippen LogP contribution in [0.5, 0.6) is 0 Å². The van der Waals surface area contributed by atoms with Gasteiger partial charge < -0.3 is 0 Å². The molecule has 0 amide bonds. The molecule has 0 aliphatic carbocycles. The standard InChI is InChI=1S/C7H17NO3S/c1-4-5-7(8-6(2)3)12(9,10)11/h6-8H,4-5H2,1-3H3,(H,9,10,11). The van der Waals surface area contributed by atoms with Gasteiger partial charge in [-0.25, -0.2) is 0 Å². The minimum atomic E-state index is -3.93. The molecule has 5 heteroatoms. The van der Waals surface area contributed by atoms with Gasteiger partial charge in [0.25, 0.3) is 10.1 Å². The molecule has 0 radical (unpaired) electrons. The fraction of sp³-hybridized carbons (Fsp3) is 1.00. The van der Waals surface area contributed by atoms with E-state index < -0.39 is 15.5 Å². The molecule has 0 saturated heterocycles. The van der Waals surface area contributed by atoms with E-state index >= 15 is 0 Å². The van der Waals surface area contributed by atoms with Crippen LogP contribution in [0.25, 0.3) is 0 Å². The third-order valence-corrected chi connectivity index (χ3v) is 2.52. The number of hydrogen-bond acceptors (Lipinski definition) is 3. The third-order valence-electron chi connectivity index (χ3n) is 1.43. The van der Waals surface area contributed by atoms with E-state index in [1.54, 1.807) is 0 Å². The van der Waals surface area contributed by atoms with Crippen LogP contribution in [0.15, 0.2) is 0 Å². The maximum absolute atomic E-state index is 10.7. The molecule has 1 atom stereocenters. The molecule has 0 bridgehead atoms. The Morgan fingerprint density at radius 3 is 2.17 bits per heavy atom. The van der Waals surface area contributed by atoms with E-state index in [0.717, 1.165) is 6.42 Å². The molecule has 12 heavy (non-hydrogen) atoms. The van der Waals surface area contributed by atoms with E-state index in [9.17, 15) is 8.42 Å². The molecule has 1 unspecified atom stereocenters. The first-order chi connectivity index (χ1) is 5.38. The van der Waals surface area contributed by atoms with Crippen molar-refractivity contribution in [1.82, 2.24) is 5.32 Å². The molecule has 0 aliphatic heterocycles. The van der Waals surface area contributed by atoms with Gasteiger partial charge in [0, 0.05) is 6.04 Å². The molecule has 0 aromatic heterocycles. The molecule has 0 aliphatic rings. The van der Waals surface area contributed by atoms with Crippen molar-refractivity contribution < 1.29 is 13.0 Å². The summed E-state index contributed by atoms with van der Waals surface area (Å²) in [6, 6.07) is 0.0588. The molecule has 74 valence electrons.